The Balaban J connectivity index is 1.20. The topological polar surface area (TPSA) is 52.8 Å². The normalized spacial score (nSPS) is 13.1. The van der Waals surface area contributed by atoms with Crippen molar-refractivity contribution in [2.24, 2.45) is 0 Å². The van der Waals surface area contributed by atoms with Gasteiger partial charge in [-0.1, -0.05) is 95.8 Å². The Morgan fingerprint density at radius 3 is 2.02 bits per heavy atom. The smallest absolute Gasteiger partial charge is 0.129 e. The van der Waals surface area contributed by atoms with Crippen LogP contribution in [0.25, 0.3) is 16.9 Å². The average Bonchev–Trinajstić information content (AvgIpc) is 3.58. The van der Waals surface area contributed by atoms with Gasteiger partial charge in [0.25, 0.3) is 0 Å². The van der Waals surface area contributed by atoms with Gasteiger partial charge in [-0.05, 0) is 90.2 Å². The fourth-order valence-electron chi connectivity index (χ4n) is 6.66. The summed E-state index contributed by atoms with van der Waals surface area (Å²) < 4.78 is 8.37. The zero-order valence-corrected chi connectivity index (χ0v) is 26.3. The maximum Gasteiger partial charge on any atom is 0.129 e. The second-order valence-electron chi connectivity index (χ2n) is 11.5. The zero-order chi connectivity index (χ0) is 31.1. The molecule has 6 heteroatoms. The van der Waals surface area contributed by atoms with Gasteiger partial charge >= 0.3 is 0 Å². The summed E-state index contributed by atoms with van der Waals surface area (Å²) in [5.41, 5.74) is 9.05. The number of fused-ring (bicyclic) bond motifs is 2. The van der Waals surface area contributed by atoms with Gasteiger partial charge in [0, 0.05) is 27.6 Å². The predicted molar refractivity (Wildman–Crippen MR) is 183 cm³/mol. The lowest BCUT2D eigenvalue weighted by atomic mass is 9.66. The zero-order valence-electron chi connectivity index (χ0n) is 25.5. The van der Waals surface area contributed by atoms with E-state index >= 15 is 0 Å². The lowest BCUT2D eigenvalue weighted by molar-refractivity contribution is 0.480. The molecule has 0 aliphatic carbocycles. The number of rotatable bonds is 6. The Bertz CT molecular complexity index is 2140. The van der Waals surface area contributed by atoms with E-state index in [1.165, 1.54) is 32.0 Å². The second-order valence-corrected chi connectivity index (χ2v) is 12.6. The molecular formula is C40H30N4OS. The van der Waals surface area contributed by atoms with Crippen molar-refractivity contribution in [2.45, 2.75) is 29.1 Å². The van der Waals surface area contributed by atoms with Crippen LogP contribution >= 0.6 is 11.8 Å². The first-order valence-electron chi connectivity index (χ1n) is 15.3. The molecule has 46 heavy (non-hydrogen) atoms. The Hall–Kier alpha value is -5.46. The molecule has 0 unspecified atom stereocenters. The molecule has 222 valence electrons. The molecule has 1 aliphatic rings. The fourth-order valence-corrected chi connectivity index (χ4v) is 7.85. The van der Waals surface area contributed by atoms with Crippen LogP contribution in [0.5, 0.6) is 11.5 Å². The van der Waals surface area contributed by atoms with Gasteiger partial charge in [0.1, 0.15) is 17.2 Å². The first-order chi connectivity index (χ1) is 22.6. The largest absolute Gasteiger partial charge is 0.457 e. The minimum atomic E-state index is -0.619. The van der Waals surface area contributed by atoms with Crippen LogP contribution in [0, 0.1) is 13.8 Å². The van der Waals surface area contributed by atoms with E-state index < -0.39 is 5.41 Å². The van der Waals surface area contributed by atoms with Crippen LogP contribution in [0.4, 0.5) is 0 Å². The molecule has 1 aliphatic heterocycles. The Kier molecular flexibility index (Phi) is 7.00. The second kappa shape index (κ2) is 11.5. The monoisotopic (exact) mass is 614 g/mol. The van der Waals surface area contributed by atoms with Crippen molar-refractivity contribution in [2.75, 3.05) is 0 Å². The minimum Gasteiger partial charge on any atom is -0.457 e. The summed E-state index contributed by atoms with van der Waals surface area (Å²) >= 11 is 1.81. The van der Waals surface area contributed by atoms with Crippen LogP contribution in [-0.4, -0.2) is 20.0 Å². The van der Waals surface area contributed by atoms with Crippen molar-refractivity contribution >= 4 is 11.8 Å². The van der Waals surface area contributed by atoms with Gasteiger partial charge in [-0.15, -0.1) is 5.10 Å². The molecule has 2 aromatic heterocycles. The van der Waals surface area contributed by atoms with Gasteiger partial charge in [0.05, 0.1) is 23.0 Å². The van der Waals surface area contributed by atoms with Gasteiger partial charge in [0.15, 0.2) is 0 Å². The Labute approximate surface area is 272 Å². The molecule has 0 saturated carbocycles. The van der Waals surface area contributed by atoms with Crippen LogP contribution < -0.4 is 4.74 Å². The lowest BCUT2D eigenvalue weighted by Crippen LogP contribution is -2.34. The SMILES string of the molecule is Cc1cccc(C)c1-c1cn(-c2cccc(Oc3cccc(C4(c5ccccn5)c5ccccc5Sc5ccccc54)c3)c2)nn1. The van der Waals surface area contributed by atoms with E-state index in [4.69, 9.17) is 9.72 Å². The summed E-state index contributed by atoms with van der Waals surface area (Å²) in [6.45, 7) is 4.20. The molecule has 7 aromatic rings. The number of ether oxygens (including phenoxy) is 1. The first kappa shape index (κ1) is 28.0. The highest BCUT2D eigenvalue weighted by atomic mass is 32.2. The summed E-state index contributed by atoms with van der Waals surface area (Å²) in [6, 6.07) is 46.1. The average molecular weight is 615 g/mol. The molecule has 8 rings (SSSR count). The summed E-state index contributed by atoms with van der Waals surface area (Å²) in [5.74, 6) is 1.46. The molecule has 5 nitrogen and oxygen atoms in total. The third-order valence-corrected chi connectivity index (χ3v) is 9.82. The lowest BCUT2D eigenvalue weighted by Gasteiger charge is -2.40. The maximum atomic E-state index is 6.57. The van der Waals surface area contributed by atoms with Gasteiger partial charge < -0.3 is 4.74 Å². The maximum absolute atomic E-state index is 6.57. The highest BCUT2D eigenvalue weighted by molar-refractivity contribution is 7.99. The van der Waals surface area contributed by atoms with Crippen molar-refractivity contribution in [3.63, 3.8) is 0 Å². The number of hydrogen-bond donors (Lipinski definition) is 0. The molecule has 0 saturated heterocycles. The number of aryl methyl sites for hydroxylation is 2. The number of hydrogen-bond acceptors (Lipinski definition) is 5. The number of benzene rings is 5. The molecule has 0 N–H and O–H groups in total. The van der Waals surface area contributed by atoms with E-state index in [1.807, 2.05) is 60.6 Å². The molecule has 0 fully saturated rings. The molecule has 5 aromatic carbocycles. The minimum absolute atomic E-state index is 0.619. The predicted octanol–water partition coefficient (Wildman–Crippen LogP) is 9.59. The van der Waals surface area contributed by atoms with E-state index in [0.29, 0.717) is 5.75 Å². The van der Waals surface area contributed by atoms with E-state index in [-0.39, 0.29) is 0 Å². The van der Waals surface area contributed by atoms with Crippen LogP contribution in [0.3, 0.4) is 0 Å². The standard InChI is InChI=1S/C40H30N4OS/c1-27-12-9-13-28(2)39(27)35-26-44(43-42-35)30-15-11-17-32(25-30)45-31-16-10-14-29(24-31)40(38-22-7-8-23-41-38)33-18-3-5-20-36(33)46-37-21-6-4-19-34(37)40/h3-26H,1-2H3. The van der Waals surface area contributed by atoms with E-state index in [0.717, 1.165) is 34.0 Å². The number of nitrogens with zero attached hydrogens (tertiary/aromatic N) is 4. The molecule has 0 atom stereocenters. The molecule has 0 spiro atoms. The van der Waals surface area contributed by atoms with E-state index in [9.17, 15) is 0 Å². The molecule has 0 bridgehead atoms. The van der Waals surface area contributed by atoms with Crippen molar-refractivity contribution in [1.29, 1.82) is 0 Å². The van der Waals surface area contributed by atoms with Crippen molar-refractivity contribution < 1.29 is 4.74 Å². The summed E-state index contributed by atoms with van der Waals surface area (Å²) in [6.07, 6.45) is 3.85. The van der Waals surface area contributed by atoms with E-state index in [2.05, 4.69) is 121 Å². The van der Waals surface area contributed by atoms with Gasteiger partial charge in [-0.3, -0.25) is 4.98 Å². The van der Waals surface area contributed by atoms with Crippen LogP contribution in [0.1, 0.15) is 33.5 Å². The molecule has 0 amide bonds. The Morgan fingerprint density at radius 1 is 0.652 bits per heavy atom. The first-order valence-corrected chi connectivity index (χ1v) is 16.1. The molecule has 0 radical (unpaired) electrons. The van der Waals surface area contributed by atoms with Crippen molar-refractivity contribution in [3.8, 4) is 28.4 Å². The quantitative estimate of drug-likeness (QED) is 0.187. The van der Waals surface area contributed by atoms with Crippen LogP contribution in [-0.2, 0) is 5.41 Å². The number of aromatic nitrogens is 4. The van der Waals surface area contributed by atoms with Gasteiger partial charge in [0.2, 0.25) is 0 Å². The summed E-state index contributed by atoms with van der Waals surface area (Å²) in [7, 11) is 0. The molecular weight excluding hydrogens is 585 g/mol. The summed E-state index contributed by atoms with van der Waals surface area (Å²) in [4.78, 5) is 7.42. The third kappa shape index (κ3) is 4.70. The van der Waals surface area contributed by atoms with Crippen molar-refractivity contribution in [3.05, 3.63) is 179 Å². The number of pyridine rings is 1. The van der Waals surface area contributed by atoms with Gasteiger partial charge in [-0.25, -0.2) is 4.68 Å². The highest BCUT2D eigenvalue weighted by Gasteiger charge is 2.45. The third-order valence-electron chi connectivity index (χ3n) is 8.67. The summed E-state index contributed by atoms with van der Waals surface area (Å²) in [5, 5.41) is 8.96. The van der Waals surface area contributed by atoms with Crippen molar-refractivity contribution in [1.82, 2.24) is 20.0 Å². The van der Waals surface area contributed by atoms with Gasteiger partial charge in [-0.2, -0.15) is 0 Å². The Morgan fingerprint density at radius 2 is 1.30 bits per heavy atom. The fraction of sp³-hybridized carbons (Fsp3) is 0.0750. The molecule has 3 heterocycles. The van der Waals surface area contributed by atoms with Crippen LogP contribution in [0.15, 0.2) is 156 Å². The van der Waals surface area contributed by atoms with E-state index in [1.54, 1.807) is 4.68 Å². The van der Waals surface area contributed by atoms with Crippen LogP contribution in [0.2, 0.25) is 0 Å². The highest BCUT2D eigenvalue weighted by Crippen LogP contribution is 2.55.